The molecule has 1 unspecified atom stereocenters. The largest absolute Gasteiger partial charge is 0.379 e. The van der Waals surface area contributed by atoms with Crippen LogP contribution in [0.15, 0.2) is 0 Å². The van der Waals surface area contributed by atoms with Gasteiger partial charge in [-0.3, -0.25) is 0 Å². The molecule has 0 amide bonds. The first-order valence-electron chi connectivity index (χ1n) is 6.05. The summed E-state index contributed by atoms with van der Waals surface area (Å²) in [6, 6.07) is 0.589. The van der Waals surface area contributed by atoms with Crippen molar-refractivity contribution in [3.63, 3.8) is 0 Å². The molecule has 1 N–H and O–H groups in total. The van der Waals surface area contributed by atoms with E-state index in [2.05, 4.69) is 33.0 Å². The third kappa shape index (κ3) is 11.8. The molecule has 0 saturated carbocycles. The summed E-state index contributed by atoms with van der Waals surface area (Å²) in [4.78, 5) is 0. The van der Waals surface area contributed by atoms with Gasteiger partial charge in [-0.2, -0.15) is 0 Å². The monoisotopic (exact) mass is 217 g/mol. The predicted molar refractivity (Wildman–Crippen MR) is 64.2 cm³/mol. The zero-order valence-corrected chi connectivity index (χ0v) is 10.7. The van der Waals surface area contributed by atoms with Gasteiger partial charge in [-0.15, -0.1) is 0 Å². The van der Waals surface area contributed by atoms with Crippen molar-refractivity contribution in [1.29, 1.82) is 0 Å². The maximum atomic E-state index is 5.42. The first-order valence-corrected chi connectivity index (χ1v) is 6.05. The minimum Gasteiger partial charge on any atom is -0.379 e. The third-order valence-corrected chi connectivity index (χ3v) is 2.17. The lowest BCUT2D eigenvalue weighted by atomic mass is 10.2. The molecule has 0 aliphatic carbocycles. The molecule has 0 aliphatic rings. The van der Waals surface area contributed by atoms with Crippen LogP contribution < -0.4 is 5.32 Å². The second-order valence-corrected chi connectivity index (χ2v) is 4.34. The Morgan fingerprint density at radius 2 is 1.67 bits per heavy atom. The van der Waals surface area contributed by atoms with Gasteiger partial charge >= 0.3 is 0 Å². The molecule has 0 heterocycles. The molecule has 0 aromatic carbocycles. The van der Waals surface area contributed by atoms with E-state index in [1.165, 1.54) is 0 Å². The van der Waals surface area contributed by atoms with E-state index in [4.69, 9.17) is 9.47 Å². The van der Waals surface area contributed by atoms with E-state index in [0.717, 1.165) is 26.2 Å². The van der Waals surface area contributed by atoms with Gasteiger partial charge in [0.25, 0.3) is 0 Å². The minimum atomic E-state index is 0.589. The van der Waals surface area contributed by atoms with Crippen LogP contribution in [-0.4, -0.2) is 39.0 Å². The van der Waals surface area contributed by atoms with Crippen molar-refractivity contribution in [2.45, 2.75) is 40.2 Å². The van der Waals surface area contributed by atoms with E-state index in [1.54, 1.807) is 0 Å². The van der Waals surface area contributed by atoms with Crippen LogP contribution >= 0.6 is 0 Å². The summed E-state index contributed by atoms with van der Waals surface area (Å²) in [5.74, 6) is 0.608. The molecule has 0 bridgehead atoms. The summed E-state index contributed by atoms with van der Waals surface area (Å²) >= 11 is 0. The molecule has 15 heavy (non-hydrogen) atoms. The Balaban J connectivity index is 2.99. The van der Waals surface area contributed by atoms with Crippen LogP contribution in [0, 0.1) is 5.92 Å². The Labute approximate surface area is 94.5 Å². The Morgan fingerprint density at radius 3 is 2.27 bits per heavy atom. The highest BCUT2D eigenvalue weighted by Gasteiger charge is 1.96. The molecular formula is C12H27NO2. The number of ether oxygens (including phenoxy) is 2. The van der Waals surface area contributed by atoms with Crippen LogP contribution in [0.3, 0.4) is 0 Å². The maximum absolute atomic E-state index is 5.42. The molecule has 0 rings (SSSR count). The molecule has 0 aromatic rings. The Hall–Kier alpha value is -0.120. The quantitative estimate of drug-likeness (QED) is 0.568. The summed E-state index contributed by atoms with van der Waals surface area (Å²) in [7, 11) is 0. The zero-order chi connectivity index (χ0) is 11.5. The molecule has 92 valence electrons. The molecule has 0 aliphatic heterocycles. The van der Waals surface area contributed by atoms with Gasteiger partial charge in [0.1, 0.15) is 0 Å². The summed E-state index contributed by atoms with van der Waals surface area (Å²) in [6.07, 6.45) is 1.16. The standard InChI is InChI=1S/C12H27NO2/c1-5-12(4)13-6-7-14-8-9-15-10-11(2)3/h11-13H,5-10H2,1-4H3. The summed E-state index contributed by atoms with van der Waals surface area (Å²) in [5, 5.41) is 3.38. The number of hydrogen-bond donors (Lipinski definition) is 1. The first-order chi connectivity index (χ1) is 7.16. The molecular weight excluding hydrogens is 190 g/mol. The molecule has 1 atom stereocenters. The van der Waals surface area contributed by atoms with Crippen LogP contribution in [0.2, 0.25) is 0 Å². The molecule has 0 aromatic heterocycles. The summed E-state index contributed by atoms with van der Waals surface area (Å²) in [5.41, 5.74) is 0. The first kappa shape index (κ1) is 14.9. The maximum Gasteiger partial charge on any atom is 0.0701 e. The molecule has 3 nitrogen and oxygen atoms in total. The highest BCUT2D eigenvalue weighted by Crippen LogP contribution is 1.91. The van der Waals surface area contributed by atoms with Crippen molar-refractivity contribution in [2.75, 3.05) is 33.0 Å². The average Bonchev–Trinajstić information content (AvgIpc) is 2.21. The fourth-order valence-electron chi connectivity index (χ4n) is 1.06. The number of nitrogens with one attached hydrogen (secondary N) is 1. The van der Waals surface area contributed by atoms with E-state index in [0.29, 0.717) is 25.2 Å². The summed E-state index contributed by atoms with van der Waals surface area (Å²) < 4.78 is 10.8. The lowest BCUT2D eigenvalue weighted by Crippen LogP contribution is -2.29. The van der Waals surface area contributed by atoms with Crippen LogP contribution in [0.5, 0.6) is 0 Å². The van der Waals surface area contributed by atoms with Crippen LogP contribution in [0.4, 0.5) is 0 Å². The highest BCUT2D eigenvalue weighted by molar-refractivity contribution is 4.56. The van der Waals surface area contributed by atoms with Crippen molar-refractivity contribution < 1.29 is 9.47 Å². The smallest absolute Gasteiger partial charge is 0.0701 e. The van der Waals surface area contributed by atoms with Gasteiger partial charge in [-0.25, -0.2) is 0 Å². The second kappa shape index (κ2) is 10.4. The van der Waals surface area contributed by atoms with Crippen molar-refractivity contribution in [2.24, 2.45) is 5.92 Å². The van der Waals surface area contributed by atoms with Gasteiger partial charge in [-0.1, -0.05) is 20.8 Å². The Morgan fingerprint density at radius 1 is 1.00 bits per heavy atom. The van der Waals surface area contributed by atoms with Crippen molar-refractivity contribution in [3.8, 4) is 0 Å². The van der Waals surface area contributed by atoms with E-state index < -0.39 is 0 Å². The molecule has 0 radical (unpaired) electrons. The Bertz CT molecular complexity index is 129. The van der Waals surface area contributed by atoms with Crippen LogP contribution in [-0.2, 0) is 9.47 Å². The van der Waals surface area contributed by atoms with Gasteiger partial charge in [0.2, 0.25) is 0 Å². The molecule has 3 heteroatoms. The zero-order valence-electron chi connectivity index (χ0n) is 10.7. The van der Waals surface area contributed by atoms with E-state index >= 15 is 0 Å². The van der Waals surface area contributed by atoms with Gasteiger partial charge in [0.05, 0.1) is 19.8 Å². The number of rotatable bonds is 10. The summed E-state index contributed by atoms with van der Waals surface area (Å²) in [6.45, 7) is 12.6. The third-order valence-electron chi connectivity index (χ3n) is 2.17. The van der Waals surface area contributed by atoms with Crippen LogP contribution in [0.1, 0.15) is 34.1 Å². The van der Waals surface area contributed by atoms with E-state index in [9.17, 15) is 0 Å². The van der Waals surface area contributed by atoms with Gasteiger partial charge in [0.15, 0.2) is 0 Å². The number of hydrogen-bond acceptors (Lipinski definition) is 3. The lowest BCUT2D eigenvalue weighted by Gasteiger charge is -2.11. The SMILES string of the molecule is CCC(C)NCCOCCOCC(C)C. The van der Waals surface area contributed by atoms with Crippen molar-refractivity contribution >= 4 is 0 Å². The van der Waals surface area contributed by atoms with Crippen molar-refractivity contribution in [1.82, 2.24) is 5.32 Å². The van der Waals surface area contributed by atoms with Gasteiger partial charge < -0.3 is 14.8 Å². The molecule has 0 fully saturated rings. The minimum absolute atomic E-state index is 0.589. The van der Waals surface area contributed by atoms with Gasteiger partial charge in [0, 0.05) is 19.2 Å². The highest BCUT2D eigenvalue weighted by atomic mass is 16.5. The predicted octanol–water partition coefficient (Wildman–Crippen LogP) is 2.06. The fourth-order valence-corrected chi connectivity index (χ4v) is 1.06. The van der Waals surface area contributed by atoms with Crippen molar-refractivity contribution in [3.05, 3.63) is 0 Å². The molecule has 0 saturated heterocycles. The van der Waals surface area contributed by atoms with E-state index in [-0.39, 0.29) is 0 Å². The lowest BCUT2D eigenvalue weighted by molar-refractivity contribution is 0.0383. The van der Waals surface area contributed by atoms with E-state index in [1.807, 2.05) is 0 Å². The fraction of sp³-hybridized carbons (Fsp3) is 1.00. The van der Waals surface area contributed by atoms with Crippen LogP contribution in [0.25, 0.3) is 0 Å². The molecule has 0 spiro atoms. The van der Waals surface area contributed by atoms with Gasteiger partial charge in [-0.05, 0) is 19.3 Å². The average molecular weight is 217 g/mol. The second-order valence-electron chi connectivity index (χ2n) is 4.34. The normalized spacial score (nSPS) is 13.4. The topological polar surface area (TPSA) is 30.5 Å². The Kier molecular flexibility index (Phi) is 10.3.